The molecule has 3 heterocycles. The normalized spacial score (nSPS) is 14.5. The summed E-state index contributed by atoms with van der Waals surface area (Å²) in [5.41, 5.74) is 2.24. The van der Waals surface area contributed by atoms with Crippen molar-refractivity contribution in [2.24, 2.45) is 0 Å². The van der Waals surface area contributed by atoms with Crippen molar-refractivity contribution in [3.8, 4) is 22.7 Å². The van der Waals surface area contributed by atoms with E-state index in [1.807, 2.05) is 30.3 Å². The summed E-state index contributed by atoms with van der Waals surface area (Å²) in [6.07, 6.45) is 5.04. The highest BCUT2D eigenvalue weighted by Gasteiger charge is 2.33. The van der Waals surface area contributed by atoms with Gasteiger partial charge in [-0.1, -0.05) is 42.2 Å². The summed E-state index contributed by atoms with van der Waals surface area (Å²) in [5.74, 6) is 0.554. The number of rotatable bonds is 8. The Hall–Kier alpha value is -4.22. The number of thiocarbonyl (C=S) groups is 1. The molecule has 2 aromatic heterocycles. The van der Waals surface area contributed by atoms with Gasteiger partial charge in [0.15, 0.2) is 5.75 Å². The van der Waals surface area contributed by atoms with Crippen LogP contribution in [0.4, 0.5) is 5.69 Å². The number of nitro benzene ring substituents is 1. The van der Waals surface area contributed by atoms with E-state index in [0.717, 1.165) is 5.69 Å². The lowest BCUT2D eigenvalue weighted by Gasteiger charge is -2.11. The van der Waals surface area contributed by atoms with Crippen LogP contribution in [0.5, 0.6) is 5.75 Å². The highest BCUT2D eigenvalue weighted by molar-refractivity contribution is 8.26. The van der Waals surface area contributed by atoms with Crippen molar-refractivity contribution in [2.75, 3.05) is 6.61 Å². The molecule has 186 valence electrons. The summed E-state index contributed by atoms with van der Waals surface area (Å²) in [4.78, 5) is 26.4. The molecule has 11 heteroatoms. The molecule has 0 bridgehead atoms. The molecule has 1 amide bonds. The number of nitro groups is 1. The van der Waals surface area contributed by atoms with E-state index >= 15 is 0 Å². The lowest BCUT2D eigenvalue weighted by atomic mass is 10.1. The van der Waals surface area contributed by atoms with E-state index in [1.54, 1.807) is 54.4 Å². The Balaban J connectivity index is 1.58. The number of ether oxygens (including phenoxy) is 1. The average Bonchev–Trinajstić information content (AvgIpc) is 3.62. The Labute approximate surface area is 221 Å². The number of hydrogen-bond donors (Lipinski definition) is 0. The molecule has 4 aromatic rings. The van der Waals surface area contributed by atoms with Crippen LogP contribution in [0.2, 0.25) is 0 Å². The van der Waals surface area contributed by atoms with Crippen molar-refractivity contribution in [3.63, 3.8) is 0 Å². The van der Waals surface area contributed by atoms with Gasteiger partial charge in [-0.2, -0.15) is 5.10 Å². The Morgan fingerprint density at radius 1 is 1.19 bits per heavy atom. The van der Waals surface area contributed by atoms with Crippen LogP contribution >= 0.6 is 24.0 Å². The number of hydrogen-bond acceptors (Lipinski definition) is 8. The molecule has 0 spiro atoms. The summed E-state index contributed by atoms with van der Waals surface area (Å²) in [5, 5.41) is 16.4. The monoisotopic (exact) mass is 532 g/mol. The van der Waals surface area contributed by atoms with Crippen LogP contribution in [0.1, 0.15) is 18.2 Å². The summed E-state index contributed by atoms with van der Waals surface area (Å²) < 4.78 is 12.9. The molecule has 37 heavy (non-hydrogen) atoms. The predicted molar refractivity (Wildman–Crippen MR) is 144 cm³/mol. The number of amides is 1. The molecular weight excluding hydrogens is 512 g/mol. The summed E-state index contributed by atoms with van der Waals surface area (Å²) in [6.45, 7) is 2.30. The number of carbonyl (C=O) groups excluding carboxylic acids is 1. The van der Waals surface area contributed by atoms with Crippen LogP contribution in [0, 0.1) is 10.1 Å². The standard InChI is InChI=1S/C26H20N4O5S2/c1-2-34-22-11-10-17(13-21(22)30(32)33)24-18(15-29(27-24)19-7-4-3-5-8-19)14-23-25(31)28(26(36)37-23)16-20-9-6-12-35-20/h3-15H,2,16H2,1H3/b23-14-. The SMILES string of the molecule is CCOc1ccc(-c2nn(-c3ccccc3)cc2/C=C2\SC(=S)N(Cc3ccco3)C2=O)cc1[N+](=O)[O-]. The van der Waals surface area contributed by atoms with Crippen LogP contribution in [-0.4, -0.2) is 36.4 Å². The van der Waals surface area contributed by atoms with E-state index in [4.69, 9.17) is 26.5 Å². The van der Waals surface area contributed by atoms with E-state index in [0.29, 0.717) is 38.4 Å². The highest BCUT2D eigenvalue weighted by Crippen LogP contribution is 2.37. The average molecular weight is 533 g/mol. The molecule has 5 rings (SSSR count). The molecule has 0 aliphatic carbocycles. The van der Waals surface area contributed by atoms with Gasteiger partial charge in [0.05, 0.1) is 34.9 Å². The van der Waals surface area contributed by atoms with Gasteiger partial charge in [-0.25, -0.2) is 4.68 Å². The largest absolute Gasteiger partial charge is 0.487 e. The van der Waals surface area contributed by atoms with Crippen LogP contribution in [0.15, 0.2) is 82.4 Å². The number of benzene rings is 2. The fourth-order valence-corrected chi connectivity index (χ4v) is 5.10. The van der Waals surface area contributed by atoms with E-state index in [-0.39, 0.29) is 23.9 Å². The molecule has 0 radical (unpaired) electrons. The Bertz CT molecular complexity index is 1510. The first kappa shape index (κ1) is 24.5. The van der Waals surface area contributed by atoms with Gasteiger partial charge in [0, 0.05) is 23.4 Å². The number of carbonyl (C=O) groups is 1. The topological polar surface area (TPSA) is 104 Å². The Morgan fingerprint density at radius 2 is 2.00 bits per heavy atom. The number of furan rings is 1. The third-order valence-electron chi connectivity index (χ3n) is 5.55. The van der Waals surface area contributed by atoms with Gasteiger partial charge in [0.1, 0.15) is 15.8 Å². The lowest BCUT2D eigenvalue weighted by Crippen LogP contribution is -2.27. The number of nitrogens with zero attached hydrogens (tertiary/aromatic N) is 4. The lowest BCUT2D eigenvalue weighted by molar-refractivity contribution is -0.385. The first-order chi connectivity index (χ1) is 17.9. The van der Waals surface area contributed by atoms with Gasteiger partial charge in [-0.3, -0.25) is 19.8 Å². The number of para-hydroxylation sites is 1. The molecule has 1 fully saturated rings. The molecule has 0 unspecified atom stereocenters. The zero-order valence-corrected chi connectivity index (χ0v) is 21.2. The highest BCUT2D eigenvalue weighted by atomic mass is 32.2. The van der Waals surface area contributed by atoms with E-state index in [1.165, 1.54) is 22.7 Å². The smallest absolute Gasteiger partial charge is 0.311 e. The first-order valence-electron chi connectivity index (χ1n) is 11.3. The third-order valence-corrected chi connectivity index (χ3v) is 6.92. The van der Waals surface area contributed by atoms with Gasteiger partial charge in [0.2, 0.25) is 0 Å². The van der Waals surface area contributed by atoms with Crippen molar-refractivity contribution in [1.29, 1.82) is 0 Å². The van der Waals surface area contributed by atoms with Crippen LogP contribution in [0.3, 0.4) is 0 Å². The van der Waals surface area contributed by atoms with Crippen molar-refractivity contribution < 1.29 is 18.9 Å². The zero-order chi connectivity index (χ0) is 25.9. The fourth-order valence-electron chi connectivity index (χ4n) is 3.85. The maximum Gasteiger partial charge on any atom is 0.311 e. The van der Waals surface area contributed by atoms with E-state index in [9.17, 15) is 14.9 Å². The second kappa shape index (κ2) is 10.4. The van der Waals surface area contributed by atoms with E-state index < -0.39 is 4.92 Å². The number of aromatic nitrogens is 2. The maximum absolute atomic E-state index is 13.2. The molecule has 1 saturated heterocycles. The molecule has 0 saturated carbocycles. The van der Waals surface area contributed by atoms with Crippen molar-refractivity contribution in [2.45, 2.75) is 13.5 Å². The molecule has 2 aromatic carbocycles. The Morgan fingerprint density at radius 3 is 2.70 bits per heavy atom. The summed E-state index contributed by atoms with van der Waals surface area (Å²) in [6, 6.07) is 17.7. The van der Waals surface area contributed by atoms with Gasteiger partial charge in [-0.05, 0) is 49.4 Å². The second-order valence-corrected chi connectivity index (χ2v) is 9.61. The minimum Gasteiger partial charge on any atom is -0.487 e. The summed E-state index contributed by atoms with van der Waals surface area (Å²) >= 11 is 6.64. The maximum atomic E-state index is 13.2. The van der Waals surface area contributed by atoms with Gasteiger partial charge >= 0.3 is 5.69 Å². The minimum atomic E-state index is -0.484. The molecule has 0 N–H and O–H groups in total. The van der Waals surface area contributed by atoms with Gasteiger partial charge in [-0.15, -0.1) is 0 Å². The van der Waals surface area contributed by atoms with Crippen molar-refractivity contribution in [3.05, 3.63) is 99.5 Å². The molecule has 1 aliphatic heterocycles. The van der Waals surface area contributed by atoms with Gasteiger partial charge in [0.25, 0.3) is 5.91 Å². The summed E-state index contributed by atoms with van der Waals surface area (Å²) in [7, 11) is 0. The molecular formula is C26H20N4O5S2. The van der Waals surface area contributed by atoms with Crippen LogP contribution in [0.25, 0.3) is 23.0 Å². The van der Waals surface area contributed by atoms with Crippen molar-refractivity contribution in [1.82, 2.24) is 14.7 Å². The first-order valence-corrected chi connectivity index (χ1v) is 12.5. The molecule has 0 atom stereocenters. The van der Waals surface area contributed by atoms with E-state index in [2.05, 4.69) is 0 Å². The van der Waals surface area contributed by atoms with Crippen molar-refractivity contribution >= 4 is 46.0 Å². The molecule has 1 aliphatic rings. The molecule has 9 nitrogen and oxygen atoms in total. The third kappa shape index (κ3) is 5.04. The van der Waals surface area contributed by atoms with Gasteiger partial charge < -0.3 is 9.15 Å². The fraction of sp³-hybridized carbons (Fsp3) is 0.115. The predicted octanol–water partition coefficient (Wildman–Crippen LogP) is 5.84. The Kier molecular flexibility index (Phi) is 6.89. The number of thioether (sulfide) groups is 1. The second-order valence-electron chi connectivity index (χ2n) is 7.93. The zero-order valence-electron chi connectivity index (χ0n) is 19.6. The quantitative estimate of drug-likeness (QED) is 0.121. The van der Waals surface area contributed by atoms with Crippen LogP contribution in [-0.2, 0) is 11.3 Å². The minimum absolute atomic E-state index is 0.163. The van der Waals surface area contributed by atoms with Crippen LogP contribution < -0.4 is 4.74 Å².